The van der Waals surface area contributed by atoms with Gasteiger partial charge >= 0.3 is 12.0 Å². The molecular formula is C14H19FN2O3. The maximum Gasteiger partial charge on any atom is 0.319 e. The number of nitrogens with one attached hydrogen (secondary N) is 2. The molecule has 1 rings (SSSR count). The number of urea groups is 1. The summed E-state index contributed by atoms with van der Waals surface area (Å²) in [6.07, 6.45) is 0.572. The molecule has 0 aliphatic rings. The Labute approximate surface area is 117 Å². The number of rotatable bonds is 6. The van der Waals surface area contributed by atoms with Gasteiger partial charge in [-0.2, -0.15) is 0 Å². The summed E-state index contributed by atoms with van der Waals surface area (Å²) in [6, 6.07) is 3.73. The van der Waals surface area contributed by atoms with Crippen LogP contribution in [0.3, 0.4) is 0 Å². The van der Waals surface area contributed by atoms with Gasteiger partial charge in [-0.1, -0.05) is 13.0 Å². The Bertz CT molecular complexity index is 491. The molecule has 0 bridgehead atoms. The van der Waals surface area contributed by atoms with E-state index in [9.17, 15) is 14.0 Å². The average molecular weight is 282 g/mol. The third-order valence-electron chi connectivity index (χ3n) is 2.91. The number of aryl methyl sites for hydroxylation is 1. The van der Waals surface area contributed by atoms with Crippen molar-refractivity contribution >= 4 is 17.7 Å². The summed E-state index contributed by atoms with van der Waals surface area (Å²) in [5.41, 5.74) is 1.18. The zero-order chi connectivity index (χ0) is 15.1. The number of anilines is 1. The van der Waals surface area contributed by atoms with Gasteiger partial charge in [0.05, 0.1) is 0 Å². The van der Waals surface area contributed by atoms with Crippen molar-refractivity contribution in [2.75, 3.05) is 11.9 Å². The second-order valence-corrected chi connectivity index (χ2v) is 4.83. The van der Waals surface area contributed by atoms with Gasteiger partial charge in [-0.25, -0.2) is 9.18 Å². The van der Waals surface area contributed by atoms with E-state index in [2.05, 4.69) is 10.6 Å². The van der Waals surface area contributed by atoms with Gasteiger partial charge < -0.3 is 15.7 Å². The number of hydrogen-bond acceptors (Lipinski definition) is 2. The minimum Gasteiger partial charge on any atom is -0.481 e. The number of amides is 2. The first-order valence-electron chi connectivity index (χ1n) is 6.41. The second-order valence-electron chi connectivity index (χ2n) is 4.83. The van der Waals surface area contributed by atoms with Crippen LogP contribution in [0.25, 0.3) is 0 Å². The van der Waals surface area contributed by atoms with Gasteiger partial charge in [-0.05, 0) is 37.0 Å². The van der Waals surface area contributed by atoms with Gasteiger partial charge in [0.2, 0.25) is 0 Å². The molecule has 0 saturated carbocycles. The lowest BCUT2D eigenvalue weighted by Crippen LogP contribution is -2.32. The highest BCUT2D eigenvalue weighted by atomic mass is 19.1. The van der Waals surface area contributed by atoms with Crippen LogP contribution >= 0.6 is 0 Å². The highest BCUT2D eigenvalue weighted by Crippen LogP contribution is 2.15. The molecule has 1 unspecified atom stereocenters. The molecule has 3 N–H and O–H groups in total. The van der Waals surface area contributed by atoms with Gasteiger partial charge in [0.15, 0.2) is 0 Å². The normalized spacial score (nSPS) is 11.8. The number of carboxylic acid groups (broad SMARTS) is 1. The molecule has 0 radical (unpaired) electrons. The van der Waals surface area contributed by atoms with E-state index in [1.165, 1.54) is 12.1 Å². The summed E-state index contributed by atoms with van der Waals surface area (Å²) in [7, 11) is 0. The fraction of sp³-hybridized carbons (Fsp3) is 0.429. The lowest BCUT2D eigenvalue weighted by molar-refractivity contribution is -0.137. The topological polar surface area (TPSA) is 78.4 Å². The van der Waals surface area contributed by atoms with Crippen LogP contribution in [0.5, 0.6) is 0 Å². The first-order chi connectivity index (χ1) is 9.38. The summed E-state index contributed by atoms with van der Waals surface area (Å²) < 4.78 is 13.1. The summed E-state index contributed by atoms with van der Waals surface area (Å²) in [5, 5.41) is 13.8. The van der Waals surface area contributed by atoms with Crippen molar-refractivity contribution < 1.29 is 19.1 Å². The maximum absolute atomic E-state index is 13.1. The number of halogens is 1. The smallest absolute Gasteiger partial charge is 0.319 e. The molecule has 20 heavy (non-hydrogen) atoms. The van der Waals surface area contributed by atoms with Gasteiger partial charge in [0.25, 0.3) is 0 Å². The van der Waals surface area contributed by atoms with Crippen LogP contribution in [0.15, 0.2) is 18.2 Å². The monoisotopic (exact) mass is 282 g/mol. The van der Waals surface area contributed by atoms with Crippen molar-refractivity contribution in [2.45, 2.75) is 26.7 Å². The van der Waals surface area contributed by atoms with Crippen LogP contribution in [0.1, 0.15) is 25.3 Å². The Morgan fingerprint density at radius 2 is 2.10 bits per heavy atom. The van der Waals surface area contributed by atoms with Crippen molar-refractivity contribution in [1.29, 1.82) is 0 Å². The molecule has 0 aliphatic heterocycles. The zero-order valence-electron chi connectivity index (χ0n) is 11.6. The molecule has 0 spiro atoms. The standard InChI is InChI=1S/C14H19FN2O3/c1-9(3-6-13(18)19)8-16-14(20)17-12-7-11(15)5-4-10(12)2/h4-5,7,9H,3,6,8H2,1-2H3,(H,18,19)(H2,16,17,20). The Kier molecular flexibility index (Phi) is 5.96. The molecule has 0 aliphatic carbocycles. The van der Waals surface area contributed by atoms with E-state index in [0.717, 1.165) is 5.56 Å². The van der Waals surface area contributed by atoms with Crippen LogP contribution in [0.2, 0.25) is 0 Å². The number of aliphatic carboxylic acids is 1. The average Bonchev–Trinajstić information content (AvgIpc) is 2.38. The highest BCUT2D eigenvalue weighted by molar-refractivity contribution is 5.90. The largest absolute Gasteiger partial charge is 0.481 e. The van der Waals surface area contributed by atoms with E-state index in [1.54, 1.807) is 13.0 Å². The summed E-state index contributed by atoms with van der Waals surface area (Å²) in [5.74, 6) is -1.21. The minimum absolute atomic E-state index is 0.0606. The van der Waals surface area contributed by atoms with Gasteiger partial charge in [0, 0.05) is 18.7 Å². The Hall–Kier alpha value is -2.11. The number of carbonyl (C=O) groups is 2. The first kappa shape index (κ1) is 15.9. The fourth-order valence-corrected chi connectivity index (χ4v) is 1.63. The quantitative estimate of drug-likeness (QED) is 0.750. The molecule has 0 fully saturated rings. The van der Waals surface area contributed by atoms with E-state index < -0.39 is 17.8 Å². The summed E-state index contributed by atoms with van der Waals surface area (Å²) >= 11 is 0. The van der Waals surface area contributed by atoms with Crippen molar-refractivity contribution in [1.82, 2.24) is 5.32 Å². The van der Waals surface area contributed by atoms with Crippen LogP contribution in [0, 0.1) is 18.7 Å². The molecule has 6 heteroatoms. The van der Waals surface area contributed by atoms with Crippen molar-refractivity contribution in [2.24, 2.45) is 5.92 Å². The van der Waals surface area contributed by atoms with E-state index in [1.807, 2.05) is 6.92 Å². The fourth-order valence-electron chi connectivity index (χ4n) is 1.63. The van der Waals surface area contributed by atoms with Crippen molar-refractivity contribution in [3.05, 3.63) is 29.6 Å². The van der Waals surface area contributed by atoms with E-state index >= 15 is 0 Å². The zero-order valence-corrected chi connectivity index (χ0v) is 11.6. The molecular weight excluding hydrogens is 263 g/mol. The molecule has 1 atom stereocenters. The van der Waals surface area contributed by atoms with E-state index in [4.69, 9.17) is 5.11 Å². The van der Waals surface area contributed by atoms with Gasteiger partial charge in [-0.15, -0.1) is 0 Å². The van der Waals surface area contributed by atoms with Crippen molar-refractivity contribution in [3.8, 4) is 0 Å². The van der Waals surface area contributed by atoms with Crippen LogP contribution < -0.4 is 10.6 Å². The van der Waals surface area contributed by atoms with Crippen LogP contribution in [-0.2, 0) is 4.79 Å². The summed E-state index contributed by atoms with van der Waals surface area (Å²) in [4.78, 5) is 22.1. The Morgan fingerprint density at radius 3 is 2.75 bits per heavy atom. The van der Waals surface area contributed by atoms with Crippen LogP contribution in [0.4, 0.5) is 14.9 Å². The first-order valence-corrected chi connectivity index (χ1v) is 6.41. The van der Waals surface area contributed by atoms with E-state index in [0.29, 0.717) is 18.7 Å². The number of carbonyl (C=O) groups excluding carboxylic acids is 1. The molecule has 5 nitrogen and oxygen atoms in total. The highest BCUT2D eigenvalue weighted by Gasteiger charge is 2.09. The predicted molar refractivity (Wildman–Crippen MR) is 74.2 cm³/mol. The molecule has 2 amide bonds. The van der Waals surface area contributed by atoms with E-state index in [-0.39, 0.29) is 12.3 Å². The van der Waals surface area contributed by atoms with Crippen molar-refractivity contribution in [3.63, 3.8) is 0 Å². The Balaban J connectivity index is 2.40. The van der Waals surface area contributed by atoms with Gasteiger partial charge in [-0.3, -0.25) is 4.79 Å². The number of carboxylic acids is 1. The lowest BCUT2D eigenvalue weighted by atomic mass is 10.1. The third-order valence-corrected chi connectivity index (χ3v) is 2.91. The second kappa shape index (κ2) is 7.47. The van der Waals surface area contributed by atoms with Crippen LogP contribution in [-0.4, -0.2) is 23.7 Å². The number of benzene rings is 1. The SMILES string of the molecule is Cc1ccc(F)cc1NC(=O)NCC(C)CCC(=O)O. The third kappa shape index (κ3) is 5.69. The number of hydrogen-bond donors (Lipinski definition) is 3. The summed E-state index contributed by atoms with van der Waals surface area (Å²) in [6.45, 7) is 3.99. The van der Waals surface area contributed by atoms with Gasteiger partial charge in [0.1, 0.15) is 5.82 Å². The Morgan fingerprint density at radius 1 is 1.40 bits per heavy atom. The lowest BCUT2D eigenvalue weighted by Gasteiger charge is -2.13. The maximum atomic E-state index is 13.1. The molecule has 1 aromatic carbocycles. The molecule has 0 saturated heterocycles. The molecule has 0 heterocycles. The molecule has 0 aromatic heterocycles. The minimum atomic E-state index is -0.850. The molecule has 1 aromatic rings. The predicted octanol–water partition coefficient (Wildman–Crippen LogP) is 2.76. The molecule has 110 valence electrons.